The SMILES string of the molecule is CN1C(=S)N(c2ccccc2)C(=O)/C1=C/c1ccc(OCc2ccc(Cl)cc2Cl)c(Br)c1. The summed E-state index contributed by atoms with van der Waals surface area (Å²) < 4.78 is 6.66. The summed E-state index contributed by atoms with van der Waals surface area (Å²) in [6.07, 6.45) is 1.81. The number of halogens is 3. The Morgan fingerprint density at radius 2 is 1.81 bits per heavy atom. The van der Waals surface area contributed by atoms with Crippen molar-refractivity contribution in [2.45, 2.75) is 6.61 Å². The van der Waals surface area contributed by atoms with Gasteiger partial charge >= 0.3 is 0 Å². The molecule has 3 aromatic rings. The number of likely N-dealkylation sites (N-methyl/N-ethyl adjacent to an activating group) is 1. The van der Waals surface area contributed by atoms with Crippen LogP contribution in [0.1, 0.15) is 11.1 Å². The van der Waals surface area contributed by atoms with Gasteiger partial charge in [0.05, 0.1) is 10.2 Å². The van der Waals surface area contributed by atoms with E-state index in [2.05, 4.69) is 15.9 Å². The Labute approximate surface area is 210 Å². The normalized spacial score (nSPS) is 15.1. The molecule has 0 N–H and O–H groups in total. The maximum absolute atomic E-state index is 13.1. The first-order valence-corrected chi connectivity index (χ1v) is 11.6. The van der Waals surface area contributed by atoms with E-state index >= 15 is 0 Å². The molecule has 8 heteroatoms. The maximum Gasteiger partial charge on any atom is 0.281 e. The number of carbonyl (C=O) groups excluding carboxylic acids is 1. The van der Waals surface area contributed by atoms with Gasteiger partial charge in [-0.1, -0.05) is 53.5 Å². The molecule has 1 amide bonds. The molecule has 1 aliphatic heterocycles. The molecule has 1 heterocycles. The number of amides is 1. The molecule has 0 radical (unpaired) electrons. The minimum Gasteiger partial charge on any atom is -0.488 e. The number of para-hydroxylation sites is 1. The largest absolute Gasteiger partial charge is 0.488 e. The highest BCUT2D eigenvalue weighted by Gasteiger charge is 2.36. The van der Waals surface area contributed by atoms with Crippen LogP contribution in [0.25, 0.3) is 6.08 Å². The van der Waals surface area contributed by atoms with Crippen molar-refractivity contribution < 1.29 is 9.53 Å². The minimum absolute atomic E-state index is 0.169. The van der Waals surface area contributed by atoms with Crippen molar-refractivity contribution >= 4 is 74.1 Å². The van der Waals surface area contributed by atoms with Crippen LogP contribution >= 0.6 is 51.3 Å². The van der Waals surface area contributed by atoms with Gasteiger partial charge < -0.3 is 9.64 Å². The predicted octanol–water partition coefficient (Wildman–Crippen LogP) is 6.94. The number of nitrogens with zero attached hydrogens (tertiary/aromatic N) is 2. The van der Waals surface area contributed by atoms with E-state index in [9.17, 15) is 4.79 Å². The average Bonchev–Trinajstić information content (AvgIpc) is 2.98. The van der Waals surface area contributed by atoms with E-state index in [-0.39, 0.29) is 5.91 Å². The summed E-state index contributed by atoms with van der Waals surface area (Å²) in [5.41, 5.74) is 2.90. The van der Waals surface area contributed by atoms with Crippen molar-refractivity contribution in [1.82, 2.24) is 4.90 Å². The fourth-order valence-electron chi connectivity index (χ4n) is 3.24. The molecule has 162 valence electrons. The summed E-state index contributed by atoms with van der Waals surface area (Å²) in [4.78, 5) is 16.3. The van der Waals surface area contributed by atoms with Crippen molar-refractivity contribution in [3.63, 3.8) is 0 Å². The van der Waals surface area contributed by atoms with Gasteiger partial charge in [0.25, 0.3) is 5.91 Å². The van der Waals surface area contributed by atoms with Gasteiger partial charge in [0, 0.05) is 22.7 Å². The van der Waals surface area contributed by atoms with Gasteiger partial charge in [-0.05, 0) is 76.2 Å². The minimum atomic E-state index is -0.169. The van der Waals surface area contributed by atoms with E-state index in [1.54, 1.807) is 24.1 Å². The zero-order chi connectivity index (χ0) is 22.8. The second-order valence-corrected chi connectivity index (χ2v) is 9.12. The molecular weight excluding hydrogens is 531 g/mol. The Balaban J connectivity index is 1.54. The molecule has 0 spiro atoms. The highest BCUT2D eigenvalue weighted by Crippen LogP contribution is 2.31. The third-order valence-electron chi connectivity index (χ3n) is 4.93. The quantitative estimate of drug-likeness (QED) is 0.256. The van der Waals surface area contributed by atoms with E-state index in [0.29, 0.717) is 33.2 Å². The van der Waals surface area contributed by atoms with Crippen LogP contribution in [0.15, 0.2) is 76.9 Å². The van der Waals surface area contributed by atoms with Gasteiger partial charge in [0.15, 0.2) is 5.11 Å². The first-order valence-electron chi connectivity index (χ1n) is 9.60. The number of ether oxygens (including phenoxy) is 1. The summed E-state index contributed by atoms with van der Waals surface area (Å²) in [6.45, 7) is 0.302. The average molecular weight is 548 g/mol. The Morgan fingerprint density at radius 3 is 2.50 bits per heavy atom. The van der Waals surface area contributed by atoms with Crippen LogP contribution in [-0.2, 0) is 11.4 Å². The van der Waals surface area contributed by atoms with Gasteiger partial charge in [-0.25, -0.2) is 0 Å². The molecular formula is C24H17BrCl2N2O2S. The lowest BCUT2D eigenvalue weighted by atomic mass is 10.1. The number of hydrogen-bond acceptors (Lipinski definition) is 3. The van der Waals surface area contributed by atoms with E-state index in [0.717, 1.165) is 21.3 Å². The van der Waals surface area contributed by atoms with Gasteiger partial charge in [0.1, 0.15) is 18.1 Å². The fourth-order valence-corrected chi connectivity index (χ4v) is 4.50. The molecule has 1 aliphatic rings. The highest BCUT2D eigenvalue weighted by atomic mass is 79.9. The van der Waals surface area contributed by atoms with Crippen LogP contribution in [0.2, 0.25) is 10.0 Å². The lowest BCUT2D eigenvalue weighted by Crippen LogP contribution is -2.30. The molecule has 1 fully saturated rings. The van der Waals surface area contributed by atoms with Crippen LogP contribution < -0.4 is 9.64 Å². The van der Waals surface area contributed by atoms with Crippen molar-refractivity contribution in [3.05, 3.63) is 98.1 Å². The van der Waals surface area contributed by atoms with E-state index in [1.165, 1.54) is 4.90 Å². The highest BCUT2D eigenvalue weighted by molar-refractivity contribution is 9.10. The molecule has 0 bridgehead atoms. The lowest BCUT2D eigenvalue weighted by molar-refractivity contribution is -0.114. The van der Waals surface area contributed by atoms with Crippen LogP contribution in [0.5, 0.6) is 5.75 Å². The molecule has 4 rings (SSSR count). The molecule has 1 saturated heterocycles. The van der Waals surface area contributed by atoms with Crippen LogP contribution in [0.3, 0.4) is 0 Å². The lowest BCUT2D eigenvalue weighted by Gasteiger charge is -2.16. The van der Waals surface area contributed by atoms with Gasteiger partial charge in [-0.15, -0.1) is 0 Å². The number of benzene rings is 3. The third-order valence-corrected chi connectivity index (χ3v) is 6.60. The van der Waals surface area contributed by atoms with Crippen molar-refractivity contribution in [1.29, 1.82) is 0 Å². The number of hydrogen-bond donors (Lipinski definition) is 0. The molecule has 0 atom stereocenters. The Bertz CT molecular complexity index is 1230. The second-order valence-electron chi connectivity index (χ2n) is 7.06. The van der Waals surface area contributed by atoms with E-state index < -0.39 is 0 Å². The zero-order valence-electron chi connectivity index (χ0n) is 16.9. The summed E-state index contributed by atoms with van der Waals surface area (Å²) >= 11 is 21.2. The summed E-state index contributed by atoms with van der Waals surface area (Å²) in [7, 11) is 1.79. The van der Waals surface area contributed by atoms with Gasteiger partial charge in [-0.2, -0.15) is 0 Å². The van der Waals surface area contributed by atoms with Gasteiger partial charge in [-0.3, -0.25) is 9.69 Å². The first-order chi connectivity index (χ1) is 15.3. The molecule has 4 nitrogen and oxygen atoms in total. The summed E-state index contributed by atoms with van der Waals surface area (Å²) in [5, 5.41) is 1.57. The zero-order valence-corrected chi connectivity index (χ0v) is 20.8. The summed E-state index contributed by atoms with van der Waals surface area (Å²) in [5.74, 6) is 0.489. The number of thiocarbonyl (C=S) groups is 1. The molecule has 0 aliphatic carbocycles. The second kappa shape index (κ2) is 9.63. The number of rotatable bonds is 5. The molecule has 32 heavy (non-hydrogen) atoms. The maximum atomic E-state index is 13.1. The molecule has 0 aromatic heterocycles. The monoisotopic (exact) mass is 546 g/mol. The van der Waals surface area contributed by atoms with Crippen molar-refractivity contribution in [3.8, 4) is 5.75 Å². The van der Waals surface area contributed by atoms with Crippen molar-refractivity contribution in [2.24, 2.45) is 0 Å². The number of carbonyl (C=O) groups is 1. The Morgan fingerprint density at radius 1 is 1.06 bits per heavy atom. The smallest absolute Gasteiger partial charge is 0.281 e. The molecule has 3 aromatic carbocycles. The Hall–Kier alpha value is -2.38. The summed E-state index contributed by atoms with van der Waals surface area (Å²) in [6, 6.07) is 20.3. The number of anilines is 1. The Kier molecular flexibility index (Phi) is 6.86. The van der Waals surface area contributed by atoms with Gasteiger partial charge in [0.2, 0.25) is 0 Å². The molecule has 0 saturated carbocycles. The topological polar surface area (TPSA) is 32.8 Å². The fraction of sp³-hybridized carbons (Fsp3) is 0.0833. The van der Waals surface area contributed by atoms with Crippen molar-refractivity contribution in [2.75, 3.05) is 11.9 Å². The van der Waals surface area contributed by atoms with E-state index in [4.69, 9.17) is 40.2 Å². The van der Waals surface area contributed by atoms with Crippen LogP contribution in [0.4, 0.5) is 5.69 Å². The van der Waals surface area contributed by atoms with Crippen LogP contribution in [-0.4, -0.2) is 23.0 Å². The predicted molar refractivity (Wildman–Crippen MR) is 137 cm³/mol. The molecule has 0 unspecified atom stereocenters. The first kappa shape index (κ1) is 22.8. The third kappa shape index (κ3) is 4.69. The van der Waals surface area contributed by atoms with Crippen LogP contribution in [0, 0.1) is 0 Å². The van der Waals surface area contributed by atoms with E-state index in [1.807, 2.05) is 60.7 Å². The standard InChI is InChI=1S/C24H17BrCl2N2O2S/c1-28-21(23(30)29(24(28)32)18-5-3-2-4-6-18)12-15-7-10-22(19(25)11-15)31-14-16-8-9-17(26)13-20(16)27/h2-13H,14H2,1H3/b21-12-.